The second-order valence-electron chi connectivity index (χ2n) is 12.4. The van der Waals surface area contributed by atoms with Crippen molar-refractivity contribution in [2.45, 2.75) is 0 Å². The van der Waals surface area contributed by atoms with Crippen molar-refractivity contribution in [1.82, 2.24) is 9.13 Å². The molecule has 10 aromatic rings. The summed E-state index contributed by atoms with van der Waals surface area (Å²) >= 11 is 0. The van der Waals surface area contributed by atoms with E-state index in [0.717, 1.165) is 49.7 Å². The van der Waals surface area contributed by atoms with Gasteiger partial charge in [-0.05, 0) is 94.0 Å². The lowest BCUT2D eigenvalue weighted by atomic mass is 9.97. The number of hydrogen-bond acceptors (Lipinski definition) is 0. The molecular formula is C48H32N2. The smallest absolute Gasteiger partial charge is 0.0645 e. The first-order valence-corrected chi connectivity index (χ1v) is 16.6. The Morgan fingerprint density at radius 1 is 0.360 bits per heavy atom. The highest BCUT2D eigenvalue weighted by atomic mass is 15.0. The fourth-order valence-electron chi connectivity index (χ4n) is 7.29. The molecule has 0 bridgehead atoms. The Morgan fingerprint density at radius 2 is 0.980 bits per heavy atom. The number of aromatic nitrogens is 2. The zero-order chi connectivity index (χ0) is 39.1. The van der Waals surface area contributed by atoms with Gasteiger partial charge in [-0.1, -0.05) is 133 Å². The topological polar surface area (TPSA) is 9.86 Å². The van der Waals surface area contributed by atoms with Gasteiger partial charge in [0.1, 0.15) is 0 Å². The lowest BCUT2D eigenvalue weighted by molar-refractivity contribution is 1.18. The van der Waals surface area contributed by atoms with Crippen LogP contribution in [0.1, 0.15) is 9.60 Å². The highest BCUT2D eigenvalue weighted by Crippen LogP contribution is 2.41. The standard InChI is InChI=1S/C48H32N2/c1-4-13-33(14-5-1)34-23-27-39(28-24-34)50-46-30-26-37(32-43(46)48-40(20-12-22-47(48)50)35-15-6-2-7-16-35)36-25-29-45-42(31-36)41-19-10-11-21-44(41)49(45)38-17-8-3-9-18-38/h1-32H/i10D,11D,19D,21D,25D,29D,31D. The molecule has 8 aromatic carbocycles. The van der Waals surface area contributed by atoms with Crippen molar-refractivity contribution in [2.24, 2.45) is 0 Å². The van der Waals surface area contributed by atoms with Crippen LogP contribution < -0.4 is 0 Å². The lowest BCUT2D eigenvalue weighted by Gasteiger charge is -2.10. The predicted molar refractivity (Wildman–Crippen MR) is 211 cm³/mol. The molecule has 0 radical (unpaired) electrons. The Labute approximate surface area is 300 Å². The van der Waals surface area contributed by atoms with E-state index in [1.807, 2.05) is 72.8 Å². The first kappa shape index (κ1) is 22.1. The van der Waals surface area contributed by atoms with Crippen molar-refractivity contribution < 1.29 is 9.60 Å². The van der Waals surface area contributed by atoms with Gasteiger partial charge in [0.15, 0.2) is 0 Å². The SMILES string of the molecule is [2H]c1c([2H])c([2H])c2c(c1[2H])c1c([2H])c(-c3ccc4c(c3)c3c(-c5ccccc5)cccc3n4-c3ccc(-c4ccccc4)cc3)c([2H])c([2H])c1n2-c1ccccc1. The lowest BCUT2D eigenvalue weighted by Crippen LogP contribution is -1.94. The van der Waals surface area contributed by atoms with E-state index in [2.05, 4.69) is 71.3 Å². The molecule has 0 aliphatic heterocycles. The van der Waals surface area contributed by atoms with Crippen LogP contribution in [0.3, 0.4) is 0 Å². The van der Waals surface area contributed by atoms with Crippen LogP contribution in [-0.4, -0.2) is 9.13 Å². The van der Waals surface area contributed by atoms with E-state index >= 15 is 0 Å². The molecule has 0 saturated carbocycles. The van der Waals surface area contributed by atoms with Gasteiger partial charge in [0.2, 0.25) is 0 Å². The molecule has 0 unspecified atom stereocenters. The zero-order valence-corrected chi connectivity index (χ0v) is 26.8. The molecule has 0 spiro atoms. The van der Waals surface area contributed by atoms with Crippen LogP contribution in [-0.2, 0) is 0 Å². The van der Waals surface area contributed by atoms with Gasteiger partial charge in [0.05, 0.1) is 31.7 Å². The first-order chi connectivity index (χ1) is 27.7. The summed E-state index contributed by atoms with van der Waals surface area (Å²) in [6.07, 6.45) is 0. The summed E-state index contributed by atoms with van der Waals surface area (Å²) in [5.41, 5.74) is 8.96. The molecule has 0 amide bonds. The molecular weight excluding hydrogens is 605 g/mol. The van der Waals surface area contributed by atoms with Crippen LogP contribution in [0.2, 0.25) is 0 Å². The first-order valence-electron chi connectivity index (χ1n) is 20.1. The quantitative estimate of drug-likeness (QED) is 0.177. The minimum Gasteiger partial charge on any atom is -0.309 e. The maximum atomic E-state index is 9.77. The van der Waals surface area contributed by atoms with Crippen LogP contribution in [0.5, 0.6) is 0 Å². The number of benzene rings is 8. The van der Waals surface area contributed by atoms with E-state index in [9.17, 15) is 4.11 Å². The van der Waals surface area contributed by atoms with Crippen molar-refractivity contribution in [3.63, 3.8) is 0 Å². The number of fused-ring (bicyclic) bond motifs is 6. The molecule has 50 heavy (non-hydrogen) atoms. The van der Waals surface area contributed by atoms with Crippen LogP contribution in [0.25, 0.3) is 88.4 Å². The molecule has 0 N–H and O–H groups in total. The van der Waals surface area contributed by atoms with Gasteiger partial charge in [-0.2, -0.15) is 0 Å². The van der Waals surface area contributed by atoms with Crippen LogP contribution in [0, 0.1) is 0 Å². The van der Waals surface area contributed by atoms with Crippen LogP contribution >= 0.6 is 0 Å². The molecule has 0 atom stereocenters. The third-order valence-corrected chi connectivity index (χ3v) is 9.57. The molecule has 0 fully saturated rings. The Hall–Kier alpha value is -6.64. The second kappa shape index (κ2) is 11.5. The van der Waals surface area contributed by atoms with E-state index in [4.69, 9.17) is 5.48 Å². The Morgan fingerprint density at radius 3 is 1.76 bits per heavy atom. The summed E-state index contributed by atoms with van der Waals surface area (Å²) in [6.45, 7) is 0. The van der Waals surface area contributed by atoms with Crippen molar-refractivity contribution in [3.05, 3.63) is 194 Å². The van der Waals surface area contributed by atoms with Crippen LogP contribution in [0.4, 0.5) is 0 Å². The minimum absolute atomic E-state index is 0.0708. The molecule has 10 rings (SSSR count). The van der Waals surface area contributed by atoms with E-state index in [1.165, 1.54) is 0 Å². The summed E-state index contributed by atoms with van der Waals surface area (Å²) in [5, 5.41) is 2.28. The third kappa shape index (κ3) is 4.50. The molecule has 234 valence electrons. The normalized spacial score (nSPS) is 13.6. The Bertz CT molecular complexity index is 3230. The summed E-state index contributed by atoms with van der Waals surface area (Å²) < 4.78 is 67.6. The average molecular weight is 644 g/mol. The molecule has 2 heterocycles. The number of rotatable bonds is 5. The molecule has 0 saturated heterocycles. The van der Waals surface area contributed by atoms with Crippen molar-refractivity contribution in [1.29, 1.82) is 0 Å². The van der Waals surface area contributed by atoms with Gasteiger partial charge in [-0.15, -0.1) is 0 Å². The molecule has 2 heteroatoms. The van der Waals surface area contributed by atoms with Crippen molar-refractivity contribution in [3.8, 4) is 44.8 Å². The summed E-state index contributed by atoms with van der Waals surface area (Å²) in [4.78, 5) is 0. The van der Waals surface area contributed by atoms with Crippen LogP contribution in [0.15, 0.2) is 194 Å². The fourth-order valence-corrected chi connectivity index (χ4v) is 7.29. The summed E-state index contributed by atoms with van der Waals surface area (Å²) in [7, 11) is 0. The largest absolute Gasteiger partial charge is 0.309 e. The fraction of sp³-hybridized carbons (Fsp3) is 0. The second-order valence-corrected chi connectivity index (χ2v) is 12.4. The molecule has 2 nitrogen and oxygen atoms in total. The number of para-hydroxylation sites is 2. The van der Waals surface area contributed by atoms with Gasteiger partial charge in [0, 0.05) is 32.9 Å². The highest BCUT2D eigenvalue weighted by Gasteiger charge is 2.18. The van der Waals surface area contributed by atoms with E-state index in [1.54, 1.807) is 16.7 Å². The van der Waals surface area contributed by atoms with E-state index in [-0.39, 0.29) is 57.6 Å². The summed E-state index contributed by atoms with van der Waals surface area (Å²) in [5.74, 6) is 0. The van der Waals surface area contributed by atoms with Crippen molar-refractivity contribution in [2.75, 3.05) is 0 Å². The van der Waals surface area contributed by atoms with Gasteiger partial charge >= 0.3 is 0 Å². The molecule has 0 aliphatic rings. The maximum absolute atomic E-state index is 9.77. The van der Waals surface area contributed by atoms with E-state index in [0.29, 0.717) is 11.3 Å². The summed E-state index contributed by atoms with van der Waals surface area (Å²) in [6, 6.07) is 48.5. The molecule has 0 aliphatic carbocycles. The maximum Gasteiger partial charge on any atom is 0.0645 e. The number of hydrogen-bond donors (Lipinski definition) is 0. The zero-order valence-electron chi connectivity index (χ0n) is 33.8. The van der Waals surface area contributed by atoms with Crippen molar-refractivity contribution >= 4 is 43.6 Å². The predicted octanol–water partition coefficient (Wildman–Crippen LogP) is 12.9. The minimum atomic E-state index is -0.415. The number of nitrogens with zero attached hydrogens (tertiary/aromatic N) is 2. The molecule has 2 aromatic heterocycles. The Balaban J connectivity index is 1.28. The van der Waals surface area contributed by atoms with E-state index < -0.39 is 12.1 Å². The highest BCUT2D eigenvalue weighted by molar-refractivity contribution is 6.17. The van der Waals surface area contributed by atoms with Gasteiger partial charge in [0.25, 0.3) is 0 Å². The van der Waals surface area contributed by atoms with Gasteiger partial charge in [-0.3, -0.25) is 0 Å². The third-order valence-electron chi connectivity index (χ3n) is 9.57. The van der Waals surface area contributed by atoms with Gasteiger partial charge < -0.3 is 9.13 Å². The average Bonchev–Trinajstić information content (AvgIpc) is 3.79. The van der Waals surface area contributed by atoms with Gasteiger partial charge in [-0.25, -0.2) is 0 Å². The Kier molecular flexibility index (Phi) is 5.08. The monoisotopic (exact) mass is 643 g/mol.